The summed E-state index contributed by atoms with van der Waals surface area (Å²) >= 11 is 0. The molecule has 0 aliphatic rings. The lowest BCUT2D eigenvalue weighted by molar-refractivity contribution is -0.138. The number of aliphatic hydroxyl groups excluding tert-OH is 1. The molecule has 5 nitrogen and oxygen atoms in total. The maximum absolute atomic E-state index is 10.5. The van der Waals surface area contributed by atoms with Crippen molar-refractivity contribution in [2.75, 3.05) is 13.2 Å². The minimum atomic E-state index is -0.981. The number of esters is 1. The van der Waals surface area contributed by atoms with Crippen LogP contribution in [-0.2, 0) is 14.3 Å². The van der Waals surface area contributed by atoms with E-state index in [-0.39, 0.29) is 12.6 Å². The molecule has 0 aliphatic carbocycles. The summed E-state index contributed by atoms with van der Waals surface area (Å²) in [6.45, 7) is 6.94. The van der Waals surface area contributed by atoms with Crippen LogP contribution in [0.4, 0.5) is 0 Å². The first-order valence-electron chi connectivity index (χ1n) is 5.33. The molecule has 0 bridgehead atoms. The second-order valence-corrected chi connectivity index (χ2v) is 3.05. The Labute approximate surface area is 101 Å². The summed E-state index contributed by atoms with van der Waals surface area (Å²) in [4.78, 5) is 19.8. The van der Waals surface area contributed by atoms with Gasteiger partial charge in [-0.3, -0.25) is 0 Å². The van der Waals surface area contributed by atoms with Crippen molar-refractivity contribution in [2.45, 2.75) is 25.7 Å². The topological polar surface area (TPSA) is 83.8 Å². The lowest BCUT2D eigenvalue weighted by atomic mass is 10.2. The molecular formula is C12H20O5. The van der Waals surface area contributed by atoms with Crippen LogP contribution in [0, 0.1) is 0 Å². The molecule has 0 aliphatic heterocycles. The Balaban J connectivity index is 0. The number of hydrogen-bond donors (Lipinski definition) is 2. The maximum atomic E-state index is 10.5. The zero-order valence-corrected chi connectivity index (χ0v) is 9.93. The molecule has 0 atom stereocenters. The molecule has 0 radical (unpaired) electrons. The molecule has 0 aromatic rings. The number of unbranched alkanes of at least 4 members (excludes halogenated alkanes) is 3. The Hall–Kier alpha value is -1.62. The second-order valence-electron chi connectivity index (χ2n) is 3.05. The van der Waals surface area contributed by atoms with Crippen molar-refractivity contribution in [1.29, 1.82) is 0 Å². The summed E-state index contributed by atoms with van der Waals surface area (Å²) in [7, 11) is 0. The van der Waals surface area contributed by atoms with Crippen LogP contribution in [0.5, 0.6) is 0 Å². The minimum Gasteiger partial charge on any atom is -0.478 e. The first-order valence-corrected chi connectivity index (χ1v) is 5.33. The molecule has 0 fully saturated rings. The highest BCUT2D eigenvalue weighted by molar-refractivity contribution is 5.81. The maximum Gasteiger partial charge on any atom is 0.330 e. The molecule has 0 unspecified atom stereocenters. The molecule has 5 heteroatoms. The fourth-order valence-electron chi connectivity index (χ4n) is 0.799. The molecule has 98 valence electrons. The summed E-state index contributed by atoms with van der Waals surface area (Å²) in [5.41, 5.74) is 0. The number of carboxylic acids is 1. The van der Waals surface area contributed by atoms with E-state index in [1.165, 1.54) is 0 Å². The zero-order chi connectivity index (χ0) is 13.5. The zero-order valence-electron chi connectivity index (χ0n) is 9.93. The Morgan fingerprint density at radius 1 is 1.06 bits per heavy atom. The number of carboxylic acid groups (broad SMARTS) is 1. The van der Waals surface area contributed by atoms with Gasteiger partial charge in [0, 0.05) is 18.8 Å². The first-order chi connectivity index (χ1) is 8.08. The van der Waals surface area contributed by atoms with Crippen molar-refractivity contribution in [3.63, 3.8) is 0 Å². The third kappa shape index (κ3) is 20.5. The van der Waals surface area contributed by atoms with Gasteiger partial charge in [-0.15, -0.1) is 0 Å². The second kappa shape index (κ2) is 14.4. The van der Waals surface area contributed by atoms with E-state index in [1.807, 2.05) is 0 Å². The minimum absolute atomic E-state index is 0.243. The highest BCUT2D eigenvalue weighted by atomic mass is 16.5. The Kier molecular flexibility index (Phi) is 15.0. The summed E-state index contributed by atoms with van der Waals surface area (Å²) in [5, 5.41) is 16.1. The summed E-state index contributed by atoms with van der Waals surface area (Å²) < 4.78 is 4.75. The Morgan fingerprint density at radius 3 is 2.00 bits per heavy atom. The van der Waals surface area contributed by atoms with Crippen LogP contribution < -0.4 is 0 Å². The van der Waals surface area contributed by atoms with Crippen LogP contribution >= 0.6 is 0 Å². The van der Waals surface area contributed by atoms with E-state index in [1.54, 1.807) is 0 Å². The molecule has 0 amide bonds. The Bertz CT molecular complexity index is 235. The van der Waals surface area contributed by atoms with Crippen LogP contribution in [0.1, 0.15) is 25.7 Å². The smallest absolute Gasteiger partial charge is 0.330 e. The van der Waals surface area contributed by atoms with Gasteiger partial charge in [-0.25, -0.2) is 9.59 Å². The fourth-order valence-corrected chi connectivity index (χ4v) is 0.799. The SMILES string of the molecule is C=CC(=O)O.C=CC(=O)OCCCCCCO. The van der Waals surface area contributed by atoms with Crippen LogP contribution in [0.15, 0.2) is 25.3 Å². The molecule has 0 spiro atoms. The van der Waals surface area contributed by atoms with E-state index < -0.39 is 5.97 Å². The van der Waals surface area contributed by atoms with E-state index in [2.05, 4.69) is 13.2 Å². The highest BCUT2D eigenvalue weighted by Crippen LogP contribution is 1.99. The number of carbonyl (C=O) groups is 2. The number of aliphatic carboxylic acids is 1. The summed E-state index contributed by atoms with van der Waals surface area (Å²) in [6, 6.07) is 0. The van der Waals surface area contributed by atoms with Crippen molar-refractivity contribution in [3.05, 3.63) is 25.3 Å². The van der Waals surface area contributed by atoms with Gasteiger partial charge in [0.1, 0.15) is 0 Å². The molecule has 0 rings (SSSR count). The average Bonchev–Trinajstić information content (AvgIpc) is 2.33. The van der Waals surface area contributed by atoms with Crippen molar-refractivity contribution >= 4 is 11.9 Å². The predicted octanol–water partition coefficient (Wildman–Crippen LogP) is 1.53. The molecule has 0 aromatic carbocycles. The van der Waals surface area contributed by atoms with Crippen molar-refractivity contribution in [2.24, 2.45) is 0 Å². The number of carbonyl (C=O) groups excluding carboxylic acids is 1. The van der Waals surface area contributed by atoms with Gasteiger partial charge in [-0.1, -0.05) is 19.6 Å². The summed E-state index contributed by atoms with van der Waals surface area (Å²) in [6.07, 6.45) is 5.66. The van der Waals surface area contributed by atoms with Crippen LogP contribution in [0.25, 0.3) is 0 Å². The number of hydrogen-bond acceptors (Lipinski definition) is 4. The van der Waals surface area contributed by atoms with Gasteiger partial charge in [-0.2, -0.15) is 0 Å². The molecule has 0 saturated heterocycles. The first kappa shape index (κ1) is 17.8. The van der Waals surface area contributed by atoms with Gasteiger partial charge in [0.05, 0.1) is 6.61 Å². The lowest BCUT2D eigenvalue weighted by Gasteiger charge is -2.00. The van der Waals surface area contributed by atoms with Crippen molar-refractivity contribution in [1.82, 2.24) is 0 Å². The monoisotopic (exact) mass is 244 g/mol. The van der Waals surface area contributed by atoms with E-state index in [0.29, 0.717) is 6.61 Å². The van der Waals surface area contributed by atoms with E-state index in [0.717, 1.165) is 37.8 Å². The normalized spacial score (nSPS) is 8.53. The van der Waals surface area contributed by atoms with Gasteiger partial charge < -0.3 is 14.9 Å². The van der Waals surface area contributed by atoms with Crippen molar-refractivity contribution < 1.29 is 24.5 Å². The third-order valence-electron chi connectivity index (χ3n) is 1.64. The molecule has 2 N–H and O–H groups in total. The van der Waals surface area contributed by atoms with Crippen LogP contribution in [0.2, 0.25) is 0 Å². The molecule has 0 aromatic heterocycles. The van der Waals surface area contributed by atoms with E-state index in [9.17, 15) is 9.59 Å². The van der Waals surface area contributed by atoms with Crippen LogP contribution in [-0.4, -0.2) is 35.4 Å². The van der Waals surface area contributed by atoms with Gasteiger partial charge >= 0.3 is 11.9 Å². The fraction of sp³-hybridized carbons (Fsp3) is 0.500. The van der Waals surface area contributed by atoms with Crippen LogP contribution in [0.3, 0.4) is 0 Å². The van der Waals surface area contributed by atoms with Crippen molar-refractivity contribution in [3.8, 4) is 0 Å². The molecule has 0 saturated carbocycles. The molecular weight excluding hydrogens is 224 g/mol. The highest BCUT2D eigenvalue weighted by Gasteiger charge is 1.94. The molecule has 17 heavy (non-hydrogen) atoms. The quantitative estimate of drug-likeness (QED) is 0.384. The van der Waals surface area contributed by atoms with Gasteiger partial charge in [0.15, 0.2) is 0 Å². The average molecular weight is 244 g/mol. The van der Waals surface area contributed by atoms with Gasteiger partial charge in [0.25, 0.3) is 0 Å². The summed E-state index contributed by atoms with van der Waals surface area (Å²) in [5.74, 6) is -1.35. The third-order valence-corrected chi connectivity index (χ3v) is 1.64. The number of ether oxygens (including phenoxy) is 1. The Morgan fingerprint density at radius 2 is 1.59 bits per heavy atom. The van der Waals surface area contributed by atoms with E-state index >= 15 is 0 Å². The van der Waals surface area contributed by atoms with Gasteiger partial charge in [0.2, 0.25) is 0 Å². The standard InChI is InChI=1S/C9H16O3.C3H4O2/c1-2-9(11)12-8-6-4-3-5-7-10;1-2-3(4)5/h2,10H,1,3-8H2;2H,1H2,(H,4,5). The van der Waals surface area contributed by atoms with E-state index in [4.69, 9.17) is 14.9 Å². The number of rotatable bonds is 8. The molecule has 0 heterocycles. The number of aliphatic hydroxyl groups is 1. The largest absolute Gasteiger partial charge is 0.478 e. The van der Waals surface area contributed by atoms with Gasteiger partial charge in [-0.05, 0) is 19.3 Å². The predicted molar refractivity (Wildman–Crippen MR) is 64.5 cm³/mol. The lowest BCUT2D eigenvalue weighted by Crippen LogP contribution is -2.01.